The van der Waals surface area contributed by atoms with Crippen LogP contribution in [0.3, 0.4) is 0 Å². The molecule has 0 aromatic carbocycles. The van der Waals surface area contributed by atoms with Gasteiger partial charge < -0.3 is 19.7 Å². The molecule has 0 aromatic heterocycles. The van der Waals surface area contributed by atoms with E-state index in [1.54, 1.807) is 0 Å². The second-order valence-corrected chi connectivity index (χ2v) is 8.57. The maximum Gasteiger partial charge on any atom is 0.239 e. The summed E-state index contributed by atoms with van der Waals surface area (Å²) in [5.74, 6) is 1.13. The summed E-state index contributed by atoms with van der Waals surface area (Å²) in [7, 11) is 1.97. The van der Waals surface area contributed by atoms with E-state index in [0.717, 1.165) is 32.6 Å². The van der Waals surface area contributed by atoms with E-state index in [-0.39, 0.29) is 23.5 Å². The van der Waals surface area contributed by atoms with E-state index < -0.39 is 0 Å². The van der Waals surface area contributed by atoms with E-state index >= 15 is 0 Å². The van der Waals surface area contributed by atoms with Crippen molar-refractivity contribution in [2.75, 3.05) is 53.0 Å². The minimum absolute atomic E-state index is 0.0425. The van der Waals surface area contributed by atoms with Crippen molar-refractivity contribution in [3.8, 4) is 0 Å². The number of likely N-dealkylation sites (tertiary alicyclic amines) is 1. The smallest absolute Gasteiger partial charge is 0.239 e. The molecule has 1 spiro atoms. The summed E-state index contributed by atoms with van der Waals surface area (Å²) in [5.41, 5.74) is -0.293. The third-order valence-electron chi connectivity index (χ3n) is 5.72. The lowest BCUT2D eigenvalue weighted by Gasteiger charge is -2.54. The molecule has 3 aliphatic rings. The van der Waals surface area contributed by atoms with Gasteiger partial charge in [-0.25, -0.2) is 0 Å². The molecule has 26 heavy (non-hydrogen) atoms. The van der Waals surface area contributed by atoms with Crippen LogP contribution in [0.1, 0.15) is 33.1 Å². The lowest BCUT2D eigenvalue weighted by Crippen LogP contribution is -2.73. The summed E-state index contributed by atoms with van der Waals surface area (Å²) < 4.78 is 11.4. The van der Waals surface area contributed by atoms with E-state index in [1.807, 2.05) is 11.9 Å². The van der Waals surface area contributed by atoms with Gasteiger partial charge in [0.25, 0.3) is 0 Å². The Hall–Kier alpha value is -1.18. The van der Waals surface area contributed by atoms with Crippen LogP contribution in [-0.2, 0) is 19.1 Å². The highest BCUT2D eigenvalue weighted by molar-refractivity contribution is 5.82. The zero-order valence-corrected chi connectivity index (χ0v) is 16.3. The molecular weight excluding hydrogens is 334 g/mol. The first kappa shape index (κ1) is 19.6. The van der Waals surface area contributed by atoms with E-state index in [4.69, 9.17) is 9.47 Å². The van der Waals surface area contributed by atoms with Crippen LogP contribution in [-0.4, -0.2) is 86.3 Å². The van der Waals surface area contributed by atoms with Crippen molar-refractivity contribution in [1.82, 2.24) is 15.1 Å². The summed E-state index contributed by atoms with van der Waals surface area (Å²) >= 11 is 0. The van der Waals surface area contributed by atoms with E-state index in [9.17, 15) is 9.59 Å². The molecule has 148 valence electrons. The van der Waals surface area contributed by atoms with Crippen LogP contribution in [0, 0.1) is 11.8 Å². The lowest BCUT2D eigenvalue weighted by molar-refractivity contribution is -0.201. The van der Waals surface area contributed by atoms with Gasteiger partial charge >= 0.3 is 0 Å². The summed E-state index contributed by atoms with van der Waals surface area (Å²) in [6, 6.07) is -0.249. The van der Waals surface area contributed by atoms with Gasteiger partial charge in [0.05, 0.1) is 19.7 Å². The number of ether oxygens (including phenoxy) is 2. The van der Waals surface area contributed by atoms with Crippen LogP contribution < -0.4 is 5.32 Å². The molecule has 0 aliphatic carbocycles. The van der Waals surface area contributed by atoms with Crippen LogP contribution in [0.4, 0.5) is 0 Å². The Balaban J connectivity index is 1.42. The van der Waals surface area contributed by atoms with Gasteiger partial charge in [0.15, 0.2) is 0 Å². The fraction of sp³-hybridized carbons (Fsp3) is 0.895. The monoisotopic (exact) mass is 367 g/mol. The highest BCUT2D eigenvalue weighted by Gasteiger charge is 2.51. The Labute approximate surface area is 156 Å². The number of carbonyl (C=O) groups is 2. The van der Waals surface area contributed by atoms with Crippen molar-refractivity contribution in [1.29, 1.82) is 0 Å². The Kier molecular flexibility index (Phi) is 6.20. The molecule has 3 saturated heterocycles. The predicted octanol–water partition coefficient (Wildman–Crippen LogP) is 0.487. The van der Waals surface area contributed by atoms with Gasteiger partial charge in [-0.05, 0) is 31.7 Å². The highest BCUT2D eigenvalue weighted by atomic mass is 16.5. The molecule has 1 N–H and O–H groups in total. The van der Waals surface area contributed by atoms with Crippen molar-refractivity contribution in [3.63, 3.8) is 0 Å². The van der Waals surface area contributed by atoms with E-state index in [0.29, 0.717) is 44.5 Å². The van der Waals surface area contributed by atoms with Crippen LogP contribution in [0.2, 0.25) is 0 Å². The standard InChI is InChI=1S/C19H33N3O4/c1-14(2)8-17(23)22-12-19(13-22)11-21(3)16(10-26-19)18(24)20-9-15-4-6-25-7-5-15/h14-16H,4-13H2,1-3H3,(H,20,24)/t16-/m0/s1. The Morgan fingerprint density at radius 3 is 2.50 bits per heavy atom. The van der Waals surface area contributed by atoms with E-state index in [2.05, 4.69) is 24.1 Å². The summed E-state index contributed by atoms with van der Waals surface area (Å²) in [5, 5.41) is 3.08. The number of morpholine rings is 1. The minimum atomic E-state index is -0.293. The largest absolute Gasteiger partial charge is 0.381 e. The van der Waals surface area contributed by atoms with Crippen LogP contribution >= 0.6 is 0 Å². The normalized spacial score (nSPS) is 26.8. The first-order valence-corrected chi connectivity index (χ1v) is 9.86. The number of nitrogens with zero attached hydrogens (tertiary/aromatic N) is 2. The minimum Gasteiger partial charge on any atom is -0.381 e. The predicted molar refractivity (Wildman–Crippen MR) is 97.7 cm³/mol. The number of amides is 2. The van der Waals surface area contributed by atoms with Gasteiger partial charge in [-0.2, -0.15) is 0 Å². The first-order chi connectivity index (χ1) is 12.4. The second kappa shape index (κ2) is 8.23. The van der Waals surface area contributed by atoms with Crippen molar-refractivity contribution >= 4 is 11.8 Å². The molecule has 3 aliphatic heterocycles. The Morgan fingerprint density at radius 1 is 1.19 bits per heavy atom. The zero-order valence-electron chi connectivity index (χ0n) is 16.3. The number of likely N-dealkylation sites (N-methyl/N-ethyl adjacent to an activating group) is 1. The summed E-state index contributed by atoms with van der Waals surface area (Å²) in [6.45, 7) is 8.77. The maximum atomic E-state index is 12.5. The topological polar surface area (TPSA) is 71.1 Å². The van der Waals surface area contributed by atoms with Gasteiger partial charge in [-0.1, -0.05) is 13.8 Å². The Morgan fingerprint density at radius 2 is 1.88 bits per heavy atom. The van der Waals surface area contributed by atoms with Gasteiger partial charge in [0.1, 0.15) is 11.6 Å². The third-order valence-corrected chi connectivity index (χ3v) is 5.72. The molecule has 0 unspecified atom stereocenters. The average molecular weight is 367 g/mol. The van der Waals surface area contributed by atoms with Gasteiger partial charge in [0.2, 0.25) is 11.8 Å². The summed E-state index contributed by atoms with van der Waals surface area (Å²) in [6.07, 6.45) is 2.62. The molecular formula is C19H33N3O4. The molecule has 7 heteroatoms. The second-order valence-electron chi connectivity index (χ2n) is 8.57. The van der Waals surface area contributed by atoms with Crippen LogP contribution in [0.15, 0.2) is 0 Å². The Bertz CT molecular complexity index is 513. The highest BCUT2D eigenvalue weighted by Crippen LogP contribution is 2.31. The molecule has 3 fully saturated rings. The molecule has 2 amide bonds. The first-order valence-electron chi connectivity index (χ1n) is 9.86. The molecule has 1 atom stereocenters. The number of carbonyl (C=O) groups excluding carboxylic acids is 2. The summed E-state index contributed by atoms with van der Waals surface area (Å²) in [4.78, 5) is 28.6. The molecule has 3 heterocycles. The lowest BCUT2D eigenvalue weighted by atomic mass is 9.89. The number of rotatable bonds is 5. The number of hydrogen-bond acceptors (Lipinski definition) is 5. The van der Waals surface area contributed by atoms with Crippen LogP contribution in [0.25, 0.3) is 0 Å². The molecule has 3 rings (SSSR count). The average Bonchev–Trinajstić information content (AvgIpc) is 2.57. The van der Waals surface area contributed by atoms with Crippen molar-refractivity contribution < 1.29 is 19.1 Å². The quantitative estimate of drug-likeness (QED) is 0.766. The number of hydrogen-bond donors (Lipinski definition) is 1. The zero-order chi connectivity index (χ0) is 18.7. The fourth-order valence-corrected chi connectivity index (χ4v) is 4.08. The fourth-order valence-electron chi connectivity index (χ4n) is 4.08. The van der Waals surface area contributed by atoms with E-state index in [1.165, 1.54) is 0 Å². The van der Waals surface area contributed by atoms with Crippen molar-refractivity contribution in [2.45, 2.75) is 44.8 Å². The molecule has 0 bridgehead atoms. The van der Waals surface area contributed by atoms with Crippen molar-refractivity contribution in [3.05, 3.63) is 0 Å². The molecule has 0 saturated carbocycles. The molecule has 7 nitrogen and oxygen atoms in total. The third kappa shape index (κ3) is 4.56. The van der Waals surface area contributed by atoms with Gasteiger partial charge in [-0.15, -0.1) is 0 Å². The molecule has 0 aromatic rings. The SMILES string of the molecule is CC(C)CC(=O)N1CC2(C1)CN(C)[C@H](C(=O)NCC1CCOCC1)CO2. The number of nitrogens with one attached hydrogen (secondary N) is 1. The van der Waals surface area contributed by atoms with Crippen molar-refractivity contribution in [2.24, 2.45) is 11.8 Å². The van der Waals surface area contributed by atoms with Gasteiger partial charge in [0, 0.05) is 32.7 Å². The molecule has 0 radical (unpaired) electrons. The van der Waals surface area contributed by atoms with Crippen LogP contribution in [0.5, 0.6) is 0 Å². The maximum absolute atomic E-state index is 12.5. The van der Waals surface area contributed by atoms with Gasteiger partial charge in [-0.3, -0.25) is 14.5 Å².